The Hall–Kier alpha value is -2.06. The summed E-state index contributed by atoms with van der Waals surface area (Å²) in [4.78, 5) is 21.5. The summed E-state index contributed by atoms with van der Waals surface area (Å²) in [6, 6.07) is 0. The molecule has 0 aromatic heterocycles. The summed E-state index contributed by atoms with van der Waals surface area (Å²) in [5.41, 5.74) is 5.27. The highest BCUT2D eigenvalue weighted by molar-refractivity contribution is 7.47. The molecule has 0 amide bonds. The second kappa shape index (κ2) is 28.5. The van der Waals surface area contributed by atoms with E-state index in [0.29, 0.717) is 13.0 Å². The second-order valence-corrected chi connectivity index (χ2v) is 10.3. The summed E-state index contributed by atoms with van der Waals surface area (Å²) in [7, 11) is -4.26. The summed E-state index contributed by atoms with van der Waals surface area (Å²) >= 11 is 0. The Labute approximate surface area is 242 Å². The molecule has 0 fully saturated rings. The van der Waals surface area contributed by atoms with Gasteiger partial charge in [0.15, 0.2) is 0 Å². The maximum Gasteiger partial charge on any atom is 0.472 e. The first-order valence-corrected chi connectivity index (χ1v) is 15.9. The first-order chi connectivity index (χ1) is 19.4. The van der Waals surface area contributed by atoms with E-state index in [1.807, 2.05) is 6.92 Å². The Balaban J connectivity index is 3.99. The van der Waals surface area contributed by atoms with Gasteiger partial charge in [-0.15, -0.1) is 0 Å². The van der Waals surface area contributed by atoms with Crippen LogP contribution in [-0.4, -0.2) is 49.9 Å². The Bertz CT molecular complexity index is 834. The second-order valence-electron chi connectivity index (χ2n) is 8.88. The minimum absolute atomic E-state index is 0.0656. The van der Waals surface area contributed by atoms with Crippen LogP contribution >= 0.6 is 7.82 Å². The number of phosphoric ester groups is 1. The number of nitrogens with two attached hydrogens (primary N) is 1. The van der Waals surface area contributed by atoms with Gasteiger partial charge in [-0.25, -0.2) is 4.57 Å². The quantitative estimate of drug-likeness (QED) is 0.0473. The number of carbonyl (C=O) groups excluding carboxylic acids is 1. The van der Waals surface area contributed by atoms with Gasteiger partial charge in [-0.05, 0) is 57.8 Å². The lowest BCUT2D eigenvalue weighted by Gasteiger charge is -2.19. The number of carbonyl (C=O) groups is 1. The van der Waals surface area contributed by atoms with Gasteiger partial charge >= 0.3 is 13.8 Å². The lowest BCUT2D eigenvalue weighted by atomic mass is 10.2. The monoisotopic (exact) mass is 581 g/mol. The van der Waals surface area contributed by atoms with Gasteiger partial charge in [-0.3, -0.25) is 13.8 Å². The molecule has 0 radical (unpaired) electrons. The fourth-order valence-corrected chi connectivity index (χ4v) is 3.87. The van der Waals surface area contributed by atoms with E-state index in [9.17, 15) is 14.3 Å². The van der Waals surface area contributed by atoms with Crippen molar-refractivity contribution in [3.63, 3.8) is 0 Å². The maximum atomic E-state index is 11.8. The van der Waals surface area contributed by atoms with Crippen LogP contribution in [0.4, 0.5) is 0 Å². The topological polar surface area (TPSA) is 117 Å². The predicted octanol–water partition coefficient (Wildman–Crippen LogP) is 7.29. The lowest BCUT2D eigenvalue weighted by Crippen LogP contribution is -2.28. The molecule has 9 heteroatoms. The minimum atomic E-state index is -4.26. The number of allylic oxidation sites excluding steroid dienone is 12. The van der Waals surface area contributed by atoms with Crippen molar-refractivity contribution in [2.75, 3.05) is 33.0 Å². The Morgan fingerprint density at radius 2 is 1.30 bits per heavy atom. The molecule has 0 saturated carbocycles. The Morgan fingerprint density at radius 1 is 0.775 bits per heavy atom. The Kier molecular flexibility index (Phi) is 27.0. The lowest BCUT2D eigenvalue weighted by molar-refractivity contribution is -0.154. The van der Waals surface area contributed by atoms with Gasteiger partial charge in [0.2, 0.25) is 0 Å². The van der Waals surface area contributed by atoms with Crippen LogP contribution in [0.1, 0.15) is 78.1 Å². The van der Waals surface area contributed by atoms with Crippen LogP contribution in [0.15, 0.2) is 72.9 Å². The minimum Gasteiger partial charge on any atom is -0.457 e. The van der Waals surface area contributed by atoms with E-state index in [2.05, 4.69) is 79.8 Å². The summed E-state index contributed by atoms with van der Waals surface area (Å²) in [5, 5.41) is 0. The molecule has 40 heavy (non-hydrogen) atoms. The van der Waals surface area contributed by atoms with Gasteiger partial charge in [0, 0.05) is 19.6 Å². The third-order valence-corrected chi connectivity index (χ3v) is 6.09. The highest BCUT2D eigenvalue weighted by atomic mass is 31.2. The average molecular weight is 582 g/mol. The molecule has 0 rings (SSSR count). The van der Waals surface area contributed by atoms with Gasteiger partial charge in [0.05, 0.1) is 19.8 Å². The van der Waals surface area contributed by atoms with Crippen molar-refractivity contribution in [1.82, 2.24) is 0 Å². The van der Waals surface area contributed by atoms with Gasteiger partial charge in [0.25, 0.3) is 0 Å². The van der Waals surface area contributed by atoms with E-state index in [1.54, 1.807) is 0 Å². The van der Waals surface area contributed by atoms with E-state index < -0.39 is 19.9 Å². The van der Waals surface area contributed by atoms with E-state index in [0.717, 1.165) is 51.4 Å². The van der Waals surface area contributed by atoms with Crippen molar-refractivity contribution in [3.8, 4) is 0 Å². The molecule has 0 saturated heterocycles. The maximum absolute atomic E-state index is 11.8. The third-order valence-electron chi connectivity index (χ3n) is 5.11. The molecule has 2 atom stereocenters. The molecule has 3 N–H and O–H groups in total. The fraction of sp³-hybridized carbons (Fsp3) is 0.581. The largest absolute Gasteiger partial charge is 0.472 e. The number of hydrogen-bond acceptors (Lipinski definition) is 7. The molecule has 0 aliphatic heterocycles. The first kappa shape index (κ1) is 37.9. The number of esters is 1. The molecule has 0 spiro atoms. The van der Waals surface area contributed by atoms with Crippen molar-refractivity contribution in [1.29, 1.82) is 0 Å². The smallest absolute Gasteiger partial charge is 0.457 e. The highest BCUT2D eigenvalue weighted by Gasteiger charge is 2.24. The summed E-state index contributed by atoms with van der Waals surface area (Å²) in [6.07, 6.45) is 33.7. The molecule has 0 bridgehead atoms. The van der Waals surface area contributed by atoms with Crippen LogP contribution in [0.5, 0.6) is 0 Å². The van der Waals surface area contributed by atoms with E-state index in [1.165, 1.54) is 0 Å². The normalized spacial score (nSPS) is 15.0. The van der Waals surface area contributed by atoms with Crippen molar-refractivity contribution >= 4 is 13.8 Å². The first-order valence-electron chi connectivity index (χ1n) is 14.4. The summed E-state index contributed by atoms with van der Waals surface area (Å²) < 4.78 is 32.3. The van der Waals surface area contributed by atoms with Crippen LogP contribution in [0.25, 0.3) is 0 Å². The van der Waals surface area contributed by atoms with Crippen LogP contribution in [-0.2, 0) is 27.9 Å². The van der Waals surface area contributed by atoms with Gasteiger partial charge in [0.1, 0.15) is 6.10 Å². The number of hydrogen-bond donors (Lipinski definition) is 2. The van der Waals surface area contributed by atoms with E-state index >= 15 is 0 Å². The van der Waals surface area contributed by atoms with Crippen LogP contribution in [0.3, 0.4) is 0 Å². The third kappa shape index (κ3) is 27.5. The van der Waals surface area contributed by atoms with Gasteiger partial charge < -0.3 is 20.1 Å². The molecule has 0 heterocycles. The molecule has 2 unspecified atom stereocenters. The predicted molar refractivity (Wildman–Crippen MR) is 164 cm³/mol. The molecule has 228 valence electrons. The SMILES string of the molecule is CC/C=C\C/C=C\C/C=C\C/C=C\C/C=C\C/C=C\CCCOCC(COP(=O)(O)OCCN)OC(=O)CCC. The highest BCUT2D eigenvalue weighted by Crippen LogP contribution is 2.43. The zero-order valence-electron chi connectivity index (χ0n) is 24.5. The van der Waals surface area contributed by atoms with Gasteiger partial charge in [-0.2, -0.15) is 0 Å². The molecule has 0 aromatic rings. The molecular weight excluding hydrogens is 529 g/mol. The molecule has 0 aliphatic carbocycles. The zero-order valence-corrected chi connectivity index (χ0v) is 25.4. The van der Waals surface area contributed by atoms with Gasteiger partial charge in [-0.1, -0.05) is 86.8 Å². The molecular formula is C31H52NO7P. The standard InChI is InChI=1S/C31H52NO7P/c1-3-5-6-7-8-9-10-11-12-13-14-15-16-17-18-19-20-21-22-23-26-36-28-30(39-31(33)24-4-2)29-38-40(34,35)37-27-25-32/h5-6,8-9,11-12,14-15,17-18,20-21,30H,3-4,7,10,13,16,19,22-29,32H2,1-2H3,(H,34,35)/b6-5-,9-8-,12-11-,15-14-,18-17-,21-20-. The number of phosphoric acid groups is 1. The Morgan fingerprint density at radius 3 is 1.80 bits per heavy atom. The van der Waals surface area contributed by atoms with Crippen molar-refractivity contribution in [3.05, 3.63) is 72.9 Å². The van der Waals surface area contributed by atoms with E-state index in [-0.39, 0.29) is 32.8 Å². The molecule has 8 nitrogen and oxygen atoms in total. The zero-order chi connectivity index (χ0) is 29.6. The number of ether oxygens (including phenoxy) is 2. The average Bonchev–Trinajstić information content (AvgIpc) is 2.93. The van der Waals surface area contributed by atoms with Crippen LogP contribution < -0.4 is 5.73 Å². The van der Waals surface area contributed by atoms with Crippen molar-refractivity contribution in [2.24, 2.45) is 5.73 Å². The van der Waals surface area contributed by atoms with Crippen molar-refractivity contribution < 1.29 is 32.8 Å². The van der Waals surface area contributed by atoms with Crippen LogP contribution in [0.2, 0.25) is 0 Å². The van der Waals surface area contributed by atoms with Crippen molar-refractivity contribution in [2.45, 2.75) is 84.2 Å². The van der Waals surface area contributed by atoms with E-state index in [4.69, 9.17) is 24.3 Å². The summed E-state index contributed by atoms with van der Waals surface area (Å²) in [5.74, 6) is -0.409. The number of rotatable bonds is 26. The molecule has 0 aromatic carbocycles. The number of unbranched alkanes of at least 4 members (excludes halogenated alkanes) is 1. The van der Waals surface area contributed by atoms with Crippen LogP contribution in [0, 0.1) is 0 Å². The fourth-order valence-electron chi connectivity index (χ4n) is 3.11. The summed E-state index contributed by atoms with van der Waals surface area (Å²) in [6.45, 7) is 4.21. The molecule has 0 aliphatic rings.